The summed E-state index contributed by atoms with van der Waals surface area (Å²) in [6.07, 6.45) is 6.34. The van der Waals surface area contributed by atoms with Gasteiger partial charge in [0.25, 0.3) is 0 Å². The number of fused-ring (bicyclic) bond motifs is 3. The number of nitrogens with one attached hydrogen (secondary N) is 2. The molecule has 2 aliphatic heterocycles. The highest BCUT2D eigenvalue weighted by Gasteiger charge is 2.28. The number of nitrogens with zero attached hydrogens (tertiary/aromatic N) is 1. The van der Waals surface area contributed by atoms with Gasteiger partial charge in [0.15, 0.2) is 0 Å². The molecule has 0 radical (unpaired) electrons. The zero-order valence-corrected chi connectivity index (χ0v) is 15.5. The van der Waals surface area contributed by atoms with Crippen LogP contribution in [0.3, 0.4) is 0 Å². The quantitative estimate of drug-likeness (QED) is 0.862. The Balaban J connectivity index is 1.72. The molecule has 0 bridgehead atoms. The van der Waals surface area contributed by atoms with E-state index in [1.54, 1.807) is 0 Å². The fourth-order valence-electron chi connectivity index (χ4n) is 4.68. The summed E-state index contributed by atoms with van der Waals surface area (Å²) in [5, 5.41) is 9.56. The Morgan fingerprint density at radius 1 is 1.25 bits per heavy atom. The van der Waals surface area contributed by atoms with Gasteiger partial charge in [-0.3, -0.25) is 0 Å². The maximum Gasteiger partial charge on any atom is 0.0487 e. The van der Waals surface area contributed by atoms with E-state index in [1.165, 1.54) is 54.4 Å². The number of halogens is 1. The van der Waals surface area contributed by atoms with Crippen molar-refractivity contribution in [2.45, 2.75) is 70.6 Å². The molecule has 24 heavy (non-hydrogen) atoms. The van der Waals surface area contributed by atoms with Gasteiger partial charge in [-0.2, -0.15) is 0 Å². The predicted molar refractivity (Wildman–Crippen MR) is 102 cm³/mol. The standard InChI is InChI=1S/C20H28ClN3/c1-13-11-19-20(14(2)23-13)17-12-15(21)6-7-18(17)24(19)10-8-16-5-3-4-9-22-16/h6-7,12-14,16,22-23H,3-5,8-11H2,1-2H3. The van der Waals surface area contributed by atoms with Gasteiger partial charge in [-0.05, 0) is 63.4 Å². The molecule has 4 heteroatoms. The summed E-state index contributed by atoms with van der Waals surface area (Å²) in [7, 11) is 0. The van der Waals surface area contributed by atoms with E-state index in [2.05, 4.69) is 41.2 Å². The number of aromatic nitrogens is 1. The van der Waals surface area contributed by atoms with Crippen LogP contribution in [0.1, 0.15) is 56.8 Å². The van der Waals surface area contributed by atoms with Crippen LogP contribution >= 0.6 is 11.6 Å². The van der Waals surface area contributed by atoms with E-state index in [0.717, 1.165) is 18.0 Å². The molecule has 3 atom stereocenters. The zero-order valence-electron chi connectivity index (χ0n) is 14.7. The third-order valence-corrected chi connectivity index (χ3v) is 5.99. The van der Waals surface area contributed by atoms with E-state index in [0.29, 0.717) is 18.1 Å². The first-order chi connectivity index (χ1) is 11.6. The van der Waals surface area contributed by atoms with E-state index in [-0.39, 0.29) is 0 Å². The van der Waals surface area contributed by atoms with Gasteiger partial charge in [-0.1, -0.05) is 18.0 Å². The Kier molecular flexibility index (Phi) is 4.59. The normalized spacial score (nSPS) is 27.4. The van der Waals surface area contributed by atoms with Crippen molar-refractivity contribution in [2.24, 2.45) is 0 Å². The molecule has 0 saturated carbocycles. The van der Waals surface area contributed by atoms with E-state index in [1.807, 2.05) is 6.07 Å². The molecule has 4 rings (SSSR count). The maximum absolute atomic E-state index is 6.31. The number of benzene rings is 1. The Morgan fingerprint density at radius 2 is 2.12 bits per heavy atom. The molecule has 0 amide bonds. The van der Waals surface area contributed by atoms with Crippen LogP contribution in [-0.4, -0.2) is 23.2 Å². The lowest BCUT2D eigenvalue weighted by molar-refractivity contribution is 0.363. The van der Waals surface area contributed by atoms with Crippen LogP contribution in [0.4, 0.5) is 0 Å². The summed E-state index contributed by atoms with van der Waals surface area (Å²) in [6, 6.07) is 7.99. The molecule has 2 N–H and O–H groups in total. The predicted octanol–water partition coefficient (Wildman–Crippen LogP) is 4.42. The third kappa shape index (κ3) is 2.98. The molecular weight excluding hydrogens is 318 g/mol. The lowest BCUT2D eigenvalue weighted by Gasteiger charge is -2.29. The van der Waals surface area contributed by atoms with Crippen molar-refractivity contribution in [2.75, 3.05) is 6.54 Å². The number of hydrogen-bond acceptors (Lipinski definition) is 2. The highest BCUT2D eigenvalue weighted by Crippen LogP contribution is 2.36. The minimum absolute atomic E-state index is 0.388. The summed E-state index contributed by atoms with van der Waals surface area (Å²) in [6.45, 7) is 6.85. The van der Waals surface area contributed by atoms with Crippen molar-refractivity contribution in [3.8, 4) is 0 Å². The molecule has 1 fully saturated rings. The van der Waals surface area contributed by atoms with Crippen molar-refractivity contribution < 1.29 is 0 Å². The maximum atomic E-state index is 6.31. The monoisotopic (exact) mass is 345 g/mol. The Morgan fingerprint density at radius 3 is 2.92 bits per heavy atom. The molecule has 0 spiro atoms. The van der Waals surface area contributed by atoms with Crippen LogP contribution in [-0.2, 0) is 13.0 Å². The molecule has 3 nitrogen and oxygen atoms in total. The van der Waals surface area contributed by atoms with Gasteiger partial charge in [0, 0.05) is 52.7 Å². The first kappa shape index (κ1) is 16.4. The van der Waals surface area contributed by atoms with Crippen molar-refractivity contribution in [3.05, 3.63) is 34.5 Å². The van der Waals surface area contributed by atoms with Gasteiger partial charge < -0.3 is 15.2 Å². The summed E-state index contributed by atoms with van der Waals surface area (Å²) < 4.78 is 2.57. The first-order valence-corrected chi connectivity index (χ1v) is 9.81. The third-order valence-electron chi connectivity index (χ3n) is 5.76. The molecule has 1 aromatic heterocycles. The van der Waals surface area contributed by atoms with Gasteiger partial charge >= 0.3 is 0 Å². The van der Waals surface area contributed by atoms with E-state index in [4.69, 9.17) is 11.6 Å². The van der Waals surface area contributed by atoms with Crippen LogP contribution < -0.4 is 10.6 Å². The van der Waals surface area contributed by atoms with Gasteiger partial charge in [-0.15, -0.1) is 0 Å². The lowest BCUT2D eigenvalue weighted by atomic mass is 9.95. The van der Waals surface area contributed by atoms with E-state index in [9.17, 15) is 0 Å². The van der Waals surface area contributed by atoms with Gasteiger partial charge in [-0.25, -0.2) is 0 Å². The van der Waals surface area contributed by atoms with Crippen LogP contribution in [0.5, 0.6) is 0 Å². The first-order valence-electron chi connectivity index (χ1n) is 9.43. The Hall–Kier alpha value is -1.03. The van der Waals surface area contributed by atoms with Crippen molar-refractivity contribution in [1.29, 1.82) is 0 Å². The second-order valence-corrected chi connectivity index (χ2v) is 8.04. The fraction of sp³-hybridized carbons (Fsp3) is 0.600. The Labute approximate surface area is 149 Å². The smallest absolute Gasteiger partial charge is 0.0487 e. The highest BCUT2D eigenvalue weighted by molar-refractivity contribution is 6.31. The summed E-state index contributed by atoms with van der Waals surface area (Å²) in [4.78, 5) is 0. The number of piperidine rings is 1. The molecule has 3 unspecified atom stereocenters. The minimum Gasteiger partial charge on any atom is -0.344 e. The number of aryl methyl sites for hydroxylation is 1. The molecule has 1 aromatic carbocycles. The van der Waals surface area contributed by atoms with Crippen LogP contribution in [0.2, 0.25) is 5.02 Å². The average molecular weight is 346 g/mol. The highest BCUT2D eigenvalue weighted by atomic mass is 35.5. The molecule has 3 heterocycles. The molecule has 2 aliphatic rings. The van der Waals surface area contributed by atoms with E-state index >= 15 is 0 Å². The van der Waals surface area contributed by atoms with E-state index < -0.39 is 0 Å². The molecule has 0 aliphatic carbocycles. The van der Waals surface area contributed by atoms with Crippen molar-refractivity contribution in [1.82, 2.24) is 15.2 Å². The van der Waals surface area contributed by atoms with Crippen molar-refractivity contribution >= 4 is 22.5 Å². The van der Waals surface area contributed by atoms with Gasteiger partial charge in [0.1, 0.15) is 0 Å². The number of rotatable bonds is 3. The molecule has 130 valence electrons. The van der Waals surface area contributed by atoms with Gasteiger partial charge in [0.05, 0.1) is 0 Å². The van der Waals surface area contributed by atoms with Crippen LogP contribution in [0.15, 0.2) is 18.2 Å². The second kappa shape index (κ2) is 6.70. The summed E-state index contributed by atoms with van der Waals surface area (Å²) in [5.74, 6) is 0. The average Bonchev–Trinajstić information content (AvgIpc) is 2.86. The van der Waals surface area contributed by atoms with Crippen LogP contribution in [0, 0.1) is 0 Å². The molecule has 2 aromatic rings. The molecule has 1 saturated heterocycles. The zero-order chi connectivity index (χ0) is 16.7. The molecular formula is C20H28ClN3. The minimum atomic E-state index is 0.388. The number of hydrogen-bond donors (Lipinski definition) is 2. The fourth-order valence-corrected chi connectivity index (χ4v) is 4.85. The lowest BCUT2D eigenvalue weighted by Crippen LogP contribution is -2.37. The SMILES string of the molecule is CC1Cc2c(c3cc(Cl)ccc3n2CCC2CCCCN2)C(C)N1. The Bertz CT molecular complexity index is 730. The topological polar surface area (TPSA) is 29.0 Å². The van der Waals surface area contributed by atoms with Crippen LogP contribution in [0.25, 0.3) is 10.9 Å². The second-order valence-electron chi connectivity index (χ2n) is 7.60. The largest absolute Gasteiger partial charge is 0.344 e. The van der Waals surface area contributed by atoms with Crippen molar-refractivity contribution in [3.63, 3.8) is 0 Å². The summed E-state index contributed by atoms with van der Waals surface area (Å²) >= 11 is 6.31. The van der Waals surface area contributed by atoms with Gasteiger partial charge in [0.2, 0.25) is 0 Å². The summed E-state index contributed by atoms with van der Waals surface area (Å²) in [5.41, 5.74) is 4.33.